The SMILES string of the molecule is CC1=CP(C)(=O)C=C(C)N1. The number of hydrogen-bond acceptors (Lipinski definition) is 2. The van der Waals surface area contributed by atoms with Crippen LogP contribution in [-0.2, 0) is 4.57 Å². The first kappa shape index (κ1) is 7.62. The highest BCUT2D eigenvalue weighted by Crippen LogP contribution is 2.47. The van der Waals surface area contributed by atoms with E-state index in [4.69, 9.17) is 0 Å². The number of rotatable bonds is 0. The molecule has 2 nitrogen and oxygen atoms in total. The Morgan fingerprint density at radius 3 is 2.00 bits per heavy atom. The van der Waals surface area contributed by atoms with Gasteiger partial charge in [0.15, 0.2) is 0 Å². The highest BCUT2D eigenvalue weighted by Gasteiger charge is 2.13. The van der Waals surface area contributed by atoms with Gasteiger partial charge in [0.2, 0.25) is 0 Å². The predicted octanol–water partition coefficient (Wildman–Crippen LogP) is 2.31. The molecule has 0 aliphatic carbocycles. The third-order valence-electron chi connectivity index (χ3n) is 1.29. The summed E-state index contributed by atoms with van der Waals surface area (Å²) >= 11 is 0. The first-order chi connectivity index (χ1) is 4.49. The second kappa shape index (κ2) is 2.28. The summed E-state index contributed by atoms with van der Waals surface area (Å²) in [5.74, 6) is 3.58. The predicted molar refractivity (Wildman–Crippen MR) is 44.2 cm³/mol. The molecule has 0 fully saturated rings. The van der Waals surface area contributed by atoms with E-state index in [0.29, 0.717) is 0 Å². The highest BCUT2D eigenvalue weighted by molar-refractivity contribution is 7.69. The van der Waals surface area contributed by atoms with Crippen molar-refractivity contribution in [1.82, 2.24) is 5.32 Å². The summed E-state index contributed by atoms with van der Waals surface area (Å²) in [4.78, 5) is 0. The quantitative estimate of drug-likeness (QED) is 0.546. The lowest BCUT2D eigenvalue weighted by atomic mass is 10.5. The summed E-state index contributed by atoms with van der Waals surface area (Å²) in [5.41, 5.74) is 1.98. The topological polar surface area (TPSA) is 29.1 Å². The normalized spacial score (nSPS) is 22.7. The Morgan fingerprint density at radius 1 is 1.30 bits per heavy atom. The van der Waals surface area contributed by atoms with Crippen LogP contribution in [-0.4, -0.2) is 6.66 Å². The van der Waals surface area contributed by atoms with Crippen LogP contribution in [0.4, 0.5) is 0 Å². The van der Waals surface area contributed by atoms with Gasteiger partial charge in [0, 0.05) is 11.4 Å². The molecule has 0 aromatic heterocycles. The van der Waals surface area contributed by atoms with Gasteiger partial charge in [-0.15, -0.1) is 0 Å². The number of allylic oxidation sites excluding steroid dienone is 2. The summed E-state index contributed by atoms with van der Waals surface area (Å²) in [7, 11) is -2.09. The average Bonchev–Trinajstić information content (AvgIpc) is 1.54. The minimum absolute atomic E-state index is 0.992. The van der Waals surface area contributed by atoms with Gasteiger partial charge in [-0.25, -0.2) is 0 Å². The molecule has 0 spiro atoms. The maximum absolute atomic E-state index is 11.5. The number of hydrogen-bond donors (Lipinski definition) is 1. The van der Waals surface area contributed by atoms with E-state index in [9.17, 15) is 4.57 Å². The summed E-state index contributed by atoms with van der Waals surface area (Å²) in [6, 6.07) is 0. The average molecular weight is 157 g/mol. The van der Waals surface area contributed by atoms with Gasteiger partial charge in [0.25, 0.3) is 0 Å². The standard InChI is InChI=1S/C7H12NOP/c1-6-4-10(3,9)5-7(2)8-6/h4-5,8H,1-3H3. The highest BCUT2D eigenvalue weighted by atomic mass is 31.2. The van der Waals surface area contributed by atoms with E-state index in [-0.39, 0.29) is 0 Å². The molecule has 0 saturated heterocycles. The summed E-state index contributed by atoms with van der Waals surface area (Å²) in [6.07, 6.45) is 0. The zero-order valence-electron chi connectivity index (χ0n) is 6.51. The molecule has 0 unspecified atom stereocenters. The maximum atomic E-state index is 11.5. The molecular weight excluding hydrogens is 145 g/mol. The van der Waals surface area contributed by atoms with Crippen LogP contribution in [0.2, 0.25) is 0 Å². The van der Waals surface area contributed by atoms with Gasteiger partial charge in [-0.2, -0.15) is 0 Å². The molecule has 1 heterocycles. The fraction of sp³-hybridized carbons (Fsp3) is 0.429. The summed E-state index contributed by atoms with van der Waals surface area (Å²) in [5, 5.41) is 3.08. The molecular formula is C7H12NOP. The molecule has 56 valence electrons. The van der Waals surface area contributed by atoms with Crippen molar-refractivity contribution >= 4 is 7.14 Å². The molecule has 1 rings (SSSR count). The largest absolute Gasteiger partial charge is 0.362 e. The molecule has 1 aliphatic heterocycles. The minimum Gasteiger partial charge on any atom is -0.362 e. The van der Waals surface area contributed by atoms with Crippen molar-refractivity contribution in [3.8, 4) is 0 Å². The molecule has 0 saturated carbocycles. The van der Waals surface area contributed by atoms with E-state index in [1.165, 1.54) is 0 Å². The molecule has 3 heteroatoms. The van der Waals surface area contributed by atoms with Crippen molar-refractivity contribution in [1.29, 1.82) is 0 Å². The summed E-state index contributed by atoms with van der Waals surface area (Å²) < 4.78 is 11.5. The molecule has 0 amide bonds. The Morgan fingerprint density at radius 2 is 1.70 bits per heavy atom. The molecule has 10 heavy (non-hydrogen) atoms. The van der Waals surface area contributed by atoms with Gasteiger partial charge >= 0.3 is 0 Å². The third kappa shape index (κ3) is 1.74. The van der Waals surface area contributed by atoms with Crippen LogP contribution in [0, 0.1) is 0 Å². The van der Waals surface area contributed by atoms with E-state index in [2.05, 4.69) is 5.32 Å². The van der Waals surface area contributed by atoms with Crippen molar-refractivity contribution in [2.24, 2.45) is 0 Å². The smallest absolute Gasteiger partial charge is 0.129 e. The van der Waals surface area contributed by atoms with E-state index in [1.807, 2.05) is 13.8 Å². The van der Waals surface area contributed by atoms with Crippen LogP contribution in [0.3, 0.4) is 0 Å². The molecule has 0 aromatic rings. The van der Waals surface area contributed by atoms with Crippen LogP contribution in [0.1, 0.15) is 13.8 Å². The molecule has 1 N–H and O–H groups in total. The van der Waals surface area contributed by atoms with E-state index in [1.54, 1.807) is 18.3 Å². The van der Waals surface area contributed by atoms with Crippen molar-refractivity contribution in [2.75, 3.05) is 6.66 Å². The van der Waals surface area contributed by atoms with Gasteiger partial charge in [0.05, 0.1) is 0 Å². The fourth-order valence-corrected chi connectivity index (χ4v) is 2.92. The monoisotopic (exact) mass is 157 g/mol. The molecule has 0 bridgehead atoms. The summed E-state index contributed by atoms with van der Waals surface area (Å²) in [6.45, 7) is 5.61. The van der Waals surface area contributed by atoms with Gasteiger partial charge in [-0.1, -0.05) is 0 Å². The first-order valence-corrected chi connectivity index (χ1v) is 5.52. The molecule has 0 aromatic carbocycles. The van der Waals surface area contributed by atoms with Gasteiger partial charge < -0.3 is 9.88 Å². The fourth-order valence-electron chi connectivity index (χ4n) is 1.18. The van der Waals surface area contributed by atoms with Crippen LogP contribution >= 0.6 is 7.14 Å². The van der Waals surface area contributed by atoms with Gasteiger partial charge in [0.1, 0.15) is 7.14 Å². The molecule has 0 radical (unpaired) electrons. The zero-order valence-corrected chi connectivity index (χ0v) is 7.40. The molecule has 0 atom stereocenters. The molecule has 1 aliphatic rings. The van der Waals surface area contributed by atoms with Crippen molar-refractivity contribution < 1.29 is 4.57 Å². The van der Waals surface area contributed by atoms with Crippen LogP contribution in [0.25, 0.3) is 0 Å². The van der Waals surface area contributed by atoms with Crippen molar-refractivity contribution in [3.05, 3.63) is 23.0 Å². The van der Waals surface area contributed by atoms with E-state index in [0.717, 1.165) is 11.4 Å². The maximum Gasteiger partial charge on any atom is 0.129 e. The Labute approximate surface area is 61.4 Å². The van der Waals surface area contributed by atoms with Crippen LogP contribution in [0.5, 0.6) is 0 Å². The van der Waals surface area contributed by atoms with Crippen LogP contribution in [0.15, 0.2) is 23.0 Å². The van der Waals surface area contributed by atoms with E-state index >= 15 is 0 Å². The van der Waals surface area contributed by atoms with Gasteiger partial charge in [-0.3, -0.25) is 0 Å². The second-order valence-corrected chi connectivity index (χ2v) is 5.44. The second-order valence-electron chi connectivity index (χ2n) is 2.81. The van der Waals surface area contributed by atoms with Crippen molar-refractivity contribution in [3.63, 3.8) is 0 Å². The Kier molecular flexibility index (Phi) is 1.74. The van der Waals surface area contributed by atoms with E-state index < -0.39 is 7.14 Å². The number of nitrogens with one attached hydrogen (secondary N) is 1. The lowest BCUT2D eigenvalue weighted by Gasteiger charge is -2.15. The Bertz CT molecular complexity index is 230. The first-order valence-electron chi connectivity index (χ1n) is 3.22. The minimum atomic E-state index is -2.09. The van der Waals surface area contributed by atoms with Crippen molar-refractivity contribution in [2.45, 2.75) is 13.8 Å². The lowest BCUT2D eigenvalue weighted by Crippen LogP contribution is -2.10. The lowest BCUT2D eigenvalue weighted by molar-refractivity contribution is 0.588. The Balaban J connectivity index is 2.99. The zero-order chi connectivity index (χ0) is 7.78. The van der Waals surface area contributed by atoms with Gasteiger partial charge in [-0.05, 0) is 32.1 Å². The third-order valence-corrected chi connectivity index (χ3v) is 3.09. The Hall–Kier alpha value is -0.490. The van der Waals surface area contributed by atoms with Crippen LogP contribution < -0.4 is 5.32 Å².